The van der Waals surface area contributed by atoms with Crippen molar-refractivity contribution in [3.63, 3.8) is 0 Å². The molecule has 0 fully saturated rings. The lowest BCUT2D eigenvalue weighted by Gasteiger charge is -2.04. The van der Waals surface area contributed by atoms with Crippen LogP contribution >= 0.6 is 11.6 Å². The van der Waals surface area contributed by atoms with Crippen molar-refractivity contribution in [2.45, 2.75) is 13.8 Å². The van der Waals surface area contributed by atoms with Gasteiger partial charge in [-0.1, -0.05) is 11.6 Å². The molecule has 1 aromatic heterocycles. The van der Waals surface area contributed by atoms with Crippen molar-refractivity contribution in [1.29, 1.82) is 0 Å². The first-order chi connectivity index (χ1) is 11.3. The van der Waals surface area contributed by atoms with Gasteiger partial charge in [-0.25, -0.2) is 9.18 Å². The second kappa shape index (κ2) is 7.27. The number of hydrogen-bond acceptors (Lipinski definition) is 5. The molecule has 2 rings (SSSR count). The predicted molar refractivity (Wildman–Crippen MR) is 83.8 cm³/mol. The molecule has 2 aromatic rings. The number of hydrogen-bond donors (Lipinski definition) is 1. The minimum Gasteiger partial charge on any atom is -0.460 e. The van der Waals surface area contributed by atoms with Crippen LogP contribution in [-0.4, -0.2) is 24.3 Å². The number of furan rings is 1. The average molecular weight is 354 g/mol. The second-order valence-electron chi connectivity index (χ2n) is 4.71. The molecule has 0 saturated heterocycles. The van der Waals surface area contributed by atoms with Crippen molar-refractivity contribution in [3.8, 4) is 0 Å². The van der Waals surface area contributed by atoms with E-state index in [2.05, 4.69) is 10.1 Å². The third-order valence-corrected chi connectivity index (χ3v) is 3.31. The fourth-order valence-electron chi connectivity index (χ4n) is 1.89. The normalized spacial score (nSPS) is 10.3. The number of ether oxygens (including phenoxy) is 1. The smallest absolute Gasteiger partial charge is 0.383 e. The molecule has 8 heteroatoms. The first kappa shape index (κ1) is 17.7. The Morgan fingerprint density at radius 1 is 1.29 bits per heavy atom. The van der Waals surface area contributed by atoms with Crippen molar-refractivity contribution < 1.29 is 27.9 Å². The molecule has 0 atom stereocenters. The van der Waals surface area contributed by atoms with Crippen LogP contribution < -0.4 is 5.32 Å². The SMILES string of the molecule is CCOC(=O)C(=O)c1cc(C(=O)Nc2ccc(F)c(Cl)c2)c(C)o1. The Labute approximate surface area is 141 Å². The highest BCUT2D eigenvalue weighted by Gasteiger charge is 2.25. The van der Waals surface area contributed by atoms with E-state index in [-0.39, 0.29) is 34.4 Å². The molecule has 1 aromatic carbocycles. The Morgan fingerprint density at radius 2 is 2.00 bits per heavy atom. The number of esters is 1. The van der Waals surface area contributed by atoms with E-state index in [0.717, 1.165) is 12.1 Å². The van der Waals surface area contributed by atoms with Gasteiger partial charge in [-0.2, -0.15) is 0 Å². The van der Waals surface area contributed by atoms with Crippen molar-refractivity contribution in [2.24, 2.45) is 0 Å². The number of nitrogens with one attached hydrogen (secondary N) is 1. The maximum Gasteiger partial charge on any atom is 0.383 e. The predicted octanol–water partition coefficient (Wildman–Crippen LogP) is 3.38. The van der Waals surface area contributed by atoms with E-state index in [1.54, 1.807) is 6.92 Å². The molecular formula is C16H13ClFNO5. The van der Waals surface area contributed by atoms with Gasteiger partial charge in [-0.15, -0.1) is 0 Å². The van der Waals surface area contributed by atoms with E-state index >= 15 is 0 Å². The molecule has 24 heavy (non-hydrogen) atoms. The highest BCUT2D eigenvalue weighted by molar-refractivity contribution is 6.40. The fraction of sp³-hybridized carbons (Fsp3) is 0.188. The van der Waals surface area contributed by atoms with E-state index < -0.39 is 23.5 Å². The summed E-state index contributed by atoms with van der Waals surface area (Å²) in [7, 11) is 0. The number of carbonyl (C=O) groups is 3. The number of aryl methyl sites for hydroxylation is 1. The highest BCUT2D eigenvalue weighted by Crippen LogP contribution is 2.21. The molecule has 0 aliphatic carbocycles. The molecule has 1 amide bonds. The molecular weight excluding hydrogens is 341 g/mol. The summed E-state index contributed by atoms with van der Waals surface area (Å²) in [6, 6.07) is 4.83. The maximum atomic E-state index is 13.1. The van der Waals surface area contributed by atoms with Gasteiger partial charge in [0.15, 0.2) is 5.76 Å². The Bertz CT molecular complexity index is 815. The summed E-state index contributed by atoms with van der Waals surface area (Å²) >= 11 is 5.64. The minimum absolute atomic E-state index is 0.0446. The van der Waals surface area contributed by atoms with Crippen molar-refractivity contribution in [2.75, 3.05) is 11.9 Å². The Balaban J connectivity index is 2.19. The van der Waals surface area contributed by atoms with E-state index in [4.69, 9.17) is 16.0 Å². The topological polar surface area (TPSA) is 85.6 Å². The third kappa shape index (κ3) is 3.80. The van der Waals surface area contributed by atoms with E-state index in [0.29, 0.717) is 0 Å². The summed E-state index contributed by atoms with van der Waals surface area (Å²) < 4.78 is 22.8. The highest BCUT2D eigenvalue weighted by atomic mass is 35.5. The number of benzene rings is 1. The van der Waals surface area contributed by atoms with Crippen LogP contribution in [0.3, 0.4) is 0 Å². The number of carbonyl (C=O) groups excluding carboxylic acids is 3. The van der Waals surface area contributed by atoms with Crippen LogP contribution in [-0.2, 0) is 9.53 Å². The summed E-state index contributed by atoms with van der Waals surface area (Å²) in [5.74, 6) is -3.41. The van der Waals surface area contributed by atoms with Gasteiger partial charge in [-0.05, 0) is 32.0 Å². The largest absolute Gasteiger partial charge is 0.460 e. The number of rotatable bonds is 5. The molecule has 6 nitrogen and oxygen atoms in total. The molecule has 0 aliphatic rings. The number of Topliss-reactive ketones (excluding diaryl/α,β-unsaturated/α-hetero) is 1. The first-order valence-corrected chi connectivity index (χ1v) is 7.29. The molecule has 0 spiro atoms. The van der Waals surface area contributed by atoms with Gasteiger partial charge >= 0.3 is 11.8 Å². The van der Waals surface area contributed by atoms with Gasteiger partial charge < -0.3 is 14.5 Å². The van der Waals surface area contributed by atoms with Crippen LogP contribution in [0.25, 0.3) is 0 Å². The van der Waals surface area contributed by atoms with Crippen LogP contribution in [0.1, 0.15) is 33.6 Å². The first-order valence-electron chi connectivity index (χ1n) is 6.91. The molecule has 0 radical (unpaired) electrons. The van der Waals surface area contributed by atoms with Gasteiger partial charge in [-0.3, -0.25) is 9.59 Å². The molecule has 0 saturated carbocycles. The lowest BCUT2D eigenvalue weighted by Crippen LogP contribution is -2.17. The Kier molecular flexibility index (Phi) is 5.35. The minimum atomic E-state index is -1.07. The number of amides is 1. The van der Waals surface area contributed by atoms with Crippen LogP contribution in [0.2, 0.25) is 5.02 Å². The third-order valence-electron chi connectivity index (χ3n) is 3.02. The number of halogens is 2. The van der Waals surface area contributed by atoms with E-state index in [1.165, 1.54) is 19.1 Å². The molecule has 0 unspecified atom stereocenters. The summed E-state index contributed by atoms with van der Waals surface area (Å²) in [6.45, 7) is 3.07. The van der Waals surface area contributed by atoms with Crippen LogP contribution in [0.4, 0.5) is 10.1 Å². The average Bonchev–Trinajstić information content (AvgIpc) is 2.92. The van der Waals surface area contributed by atoms with Gasteiger partial charge in [0, 0.05) is 11.8 Å². The fourth-order valence-corrected chi connectivity index (χ4v) is 2.07. The zero-order valence-electron chi connectivity index (χ0n) is 12.8. The molecule has 0 aliphatic heterocycles. The standard InChI is InChI=1S/C16H13ClFNO5/c1-3-23-16(22)14(20)13-7-10(8(2)24-13)15(21)19-9-4-5-12(18)11(17)6-9/h4-7H,3H2,1-2H3,(H,19,21). The lowest BCUT2D eigenvalue weighted by molar-refractivity contribution is -0.137. The van der Waals surface area contributed by atoms with Gasteiger partial charge in [0.2, 0.25) is 0 Å². The molecule has 126 valence electrons. The van der Waals surface area contributed by atoms with E-state index in [9.17, 15) is 18.8 Å². The molecule has 1 N–H and O–H groups in total. The monoisotopic (exact) mass is 353 g/mol. The van der Waals surface area contributed by atoms with Crippen LogP contribution in [0.5, 0.6) is 0 Å². The number of anilines is 1. The molecule has 1 heterocycles. The van der Waals surface area contributed by atoms with Crippen molar-refractivity contribution >= 4 is 34.9 Å². The van der Waals surface area contributed by atoms with Crippen molar-refractivity contribution in [1.82, 2.24) is 0 Å². The molecule has 0 bridgehead atoms. The quantitative estimate of drug-likeness (QED) is 0.506. The van der Waals surface area contributed by atoms with Gasteiger partial charge in [0.05, 0.1) is 17.2 Å². The zero-order valence-corrected chi connectivity index (χ0v) is 13.6. The summed E-state index contributed by atoms with van der Waals surface area (Å²) in [5.41, 5.74) is 0.327. The Hall–Kier alpha value is -2.67. The zero-order chi connectivity index (χ0) is 17.9. The maximum absolute atomic E-state index is 13.1. The van der Waals surface area contributed by atoms with Crippen molar-refractivity contribution in [3.05, 3.63) is 52.2 Å². The summed E-state index contributed by atoms with van der Waals surface area (Å²) in [4.78, 5) is 35.4. The van der Waals surface area contributed by atoms with Gasteiger partial charge in [0.1, 0.15) is 11.6 Å². The van der Waals surface area contributed by atoms with Crippen LogP contribution in [0, 0.1) is 12.7 Å². The van der Waals surface area contributed by atoms with Gasteiger partial charge in [0.25, 0.3) is 5.91 Å². The second-order valence-corrected chi connectivity index (χ2v) is 5.12. The summed E-state index contributed by atoms with van der Waals surface area (Å²) in [5, 5.41) is 2.35. The van der Waals surface area contributed by atoms with E-state index in [1.807, 2.05) is 0 Å². The summed E-state index contributed by atoms with van der Waals surface area (Å²) in [6.07, 6.45) is 0. The number of ketones is 1. The van der Waals surface area contributed by atoms with Crippen LogP contribution in [0.15, 0.2) is 28.7 Å². The lowest BCUT2D eigenvalue weighted by atomic mass is 10.2. The Morgan fingerprint density at radius 3 is 2.62 bits per heavy atom.